The zero-order valence-corrected chi connectivity index (χ0v) is 5.22. The van der Waals surface area contributed by atoms with Gasteiger partial charge in [-0.3, -0.25) is 4.99 Å². The Hall–Kier alpha value is -0.530. The third-order valence-corrected chi connectivity index (χ3v) is 1.48. The Labute approximate surface area is 49.8 Å². The van der Waals surface area contributed by atoms with E-state index in [9.17, 15) is 0 Å². The minimum absolute atomic E-state index is 0.813. The molecule has 1 aliphatic carbocycles. The predicted octanol–water partition coefficient (Wildman–Crippen LogP) is 0.774. The summed E-state index contributed by atoms with van der Waals surface area (Å²) >= 11 is 0. The molecule has 0 aliphatic heterocycles. The number of nitrogens with zero attached hydrogens (tertiary/aromatic N) is 1. The molecule has 0 aromatic carbocycles. The highest BCUT2D eigenvalue weighted by molar-refractivity contribution is 5.80. The van der Waals surface area contributed by atoms with Gasteiger partial charge in [-0.2, -0.15) is 0 Å². The van der Waals surface area contributed by atoms with Gasteiger partial charge in [0.2, 0.25) is 0 Å². The summed E-state index contributed by atoms with van der Waals surface area (Å²) in [6.45, 7) is 0. The van der Waals surface area contributed by atoms with E-state index < -0.39 is 0 Å². The van der Waals surface area contributed by atoms with Gasteiger partial charge in [0.15, 0.2) is 0 Å². The molecule has 0 spiro atoms. The quantitative estimate of drug-likeness (QED) is 0.416. The Morgan fingerprint density at radius 2 is 2.38 bits per heavy atom. The number of amidine groups is 1. The van der Waals surface area contributed by atoms with Crippen LogP contribution in [0.5, 0.6) is 0 Å². The summed E-state index contributed by atoms with van der Waals surface area (Å²) in [6.07, 6.45) is 3.74. The lowest BCUT2D eigenvalue weighted by Gasteiger charge is -1.92. The van der Waals surface area contributed by atoms with Gasteiger partial charge in [0.05, 0.1) is 5.84 Å². The topological polar surface area (TPSA) is 38.4 Å². The van der Waals surface area contributed by atoms with Gasteiger partial charge in [0.25, 0.3) is 0 Å². The summed E-state index contributed by atoms with van der Waals surface area (Å²) in [4.78, 5) is 3.86. The van der Waals surface area contributed by atoms with E-state index in [4.69, 9.17) is 5.73 Å². The highest BCUT2D eigenvalue weighted by Gasteiger charge is 2.21. The molecule has 0 aromatic heterocycles. The van der Waals surface area contributed by atoms with E-state index in [2.05, 4.69) is 4.99 Å². The smallest absolute Gasteiger partial charge is 0.0936 e. The molecular weight excluding hydrogens is 100 g/mol. The SMILES string of the molecule is CN=C(N)CC1CC1. The first-order chi connectivity index (χ1) is 3.83. The maximum atomic E-state index is 5.46. The lowest BCUT2D eigenvalue weighted by molar-refractivity contribution is 0.885. The minimum atomic E-state index is 0.813. The molecule has 1 fully saturated rings. The monoisotopic (exact) mass is 112 g/mol. The largest absolute Gasteiger partial charge is 0.387 e. The molecule has 0 radical (unpaired) electrons. The van der Waals surface area contributed by atoms with Crippen LogP contribution in [-0.2, 0) is 0 Å². The summed E-state index contributed by atoms with van der Waals surface area (Å²) in [5, 5.41) is 0. The second-order valence-electron chi connectivity index (χ2n) is 2.36. The maximum absolute atomic E-state index is 5.46. The third kappa shape index (κ3) is 1.52. The first kappa shape index (κ1) is 5.60. The molecule has 0 unspecified atom stereocenters. The molecule has 0 amide bonds. The number of nitrogens with two attached hydrogens (primary N) is 1. The van der Waals surface area contributed by atoms with Crippen molar-refractivity contribution in [2.24, 2.45) is 16.6 Å². The van der Waals surface area contributed by atoms with Crippen LogP contribution in [0.4, 0.5) is 0 Å². The molecule has 1 rings (SSSR count). The molecule has 1 saturated carbocycles. The Bertz CT molecular complexity index is 103. The summed E-state index contributed by atoms with van der Waals surface area (Å²) in [6, 6.07) is 0. The van der Waals surface area contributed by atoms with Crippen LogP contribution in [0.25, 0.3) is 0 Å². The van der Waals surface area contributed by atoms with Gasteiger partial charge in [-0.05, 0) is 18.8 Å². The third-order valence-electron chi connectivity index (χ3n) is 1.48. The lowest BCUT2D eigenvalue weighted by atomic mass is 10.3. The Morgan fingerprint density at radius 3 is 2.75 bits per heavy atom. The van der Waals surface area contributed by atoms with Crippen LogP contribution in [0.2, 0.25) is 0 Å². The van der Waals surface area contributed by atoms with Gasteiger partial charge in [-0.1, -0.05) is 0 Å². The molecule has 0 heterocycles. The first-order valence-electron chi connectivity index (χ1n) is 3.04. The summed E-state index contributed by atoms with van der Waals surface area (Å²) in [5.41, 5.74) is 5.46. The average molecular weight is 112 g/mol. The van der Waals surface area contributed by atoms with Crippen LogP contribution in [0.3, 0.4) is 0 Å². The molecular formula is C6H12N2. The highest BCUT2D eigenvalue weighted by atomic mass is 14.8. The fraction of sp³-hybridized carbons (Fsp3) is 0.833. The van der Waals surface area contributed by atoms with E-state index in [1.807, 2.05) is 0 Å². The van der Waals surface area contributed by atoms with E-state index in [-0.39, 0.29) is 0 Å². The fourth-order valence-corrected chi connectivity index (χ4v) is 0.709. The van der Waals surface area contributed by atoms with Crippen LogP contribution < -0.4 is 5.73 Å². The van der Waals surface area contributed by atoms with E-state index in [0.717, 1.165) is 18.2 Å². The van der Waals surface area contributed by atoms with Crippen LogP contribution in [0.1, 0.15) is 19.3 Å². The summed E-state index contributed by atoms with van der Waals surface area (Å²) < 4.78 is 0. The minimum Gasteiger partial charge on any atom is -0.387 e. The van der Waals surface area contributed by atoms with E-state index in [1.54, 1.807) is 7.05 Å². The molecule has 2 nitrogen and oxygen atoms in total. The van der Waals surface area contributed by atoms with Crippen LogP contribution in [-0.4, -0.2) is 12.9 Å². The van der Waals surface area contributed by atoms with Crippen molar-refractivity contribution in [1.29, 1.82) is 0 Å². The summed E-state index contributed by atoms with van der Waals surface area (Å²) in [7, 11) is 1.75. The van der Waals surface area contributed by atoms with Crippen molar-refractivity contribution in [3.05, 3.63) is 0 Å². The molecule has 46 valence electrons. The first-order valence-corrected chi connectivity index (χ1v) is 3.04. The van der Waals surface area contributed by atoms with E-state index in [1.165, 1.54) is 12.8 Å². The maximum Gasteiger partial charge on any atom is 0.0936 e. The Kier molecular flexibility index (Phi) is 1.51. The van der Waals surface area contributed by atoms with Crippen molar-refractivity contribution < 1.29 is 0 Å². The molecule has 2 heteroatoms. The van der Waals surface area contributed by atoms with Crippen LogP contribution in [0.15, 0.2) is 4.99 Å². The fourth-order valence-electron chi connectivity index (χ4n) is 0.709. The summed E-state index contributed by atoms with van der Waals surface area (Å²) in [5.74, 6) is 1.69. The van der Waals surface area contributed by atoms with Gasteiger partial charge < -0.3 is 5.73 Å². The van der Waals surface area contributed by atoms with E-state index in [0.29, 0.717) is 0 Å². The normalized spacial score (nSPS) is 21.4. The van der Waals surface area contributed by atoms with Crippen molar-refractivity contribution in [2.75, 3.05) is 7.05 Å². The van der Waals surface area contributed by atoms with Gasteiger partial charge >= 0.3 is 0 Å². The molecule has 0 atom stereocenters. The number of hydrogen-bond donors (Lipinski definition) is 1. The van der Waals surface area contributed by atoms with Crippen molar-refractivity contribution >= 4 is 5.84 Å². The van der Waals surface area contributed by atoms with Gasteiger partial charge in [0, 0.05) is 13.5 Å². The average Bonchev–Trinajstić information content (AvgIpc) is 2.50. The van der Waals surface area contributed by atoms with Crippen LogP contribution in [0, 0.1) is 5.92 Å². The Balaban J connectivity index is 2.16. The zero-order valence-electron chi connectivity index (χ0n) is 5.22. The van der Waals surface area contributed by atoms with Crippen LogP contribution >= 0.6 is 0 Å². The molecule has 8 heavy (non-hydrogen) atoms. The predicted molar refractivity (Wildman–Crippen MR) is 34.9 cm³/mol. The van der Waals surface area contributed by atoms with Crippen molar-refractivity contribution in [3.63, 3.8) is 0 Å². The molecule has 0 aromatic rings. The highest BCUT2D eigenvalue weighted by Crippen LogP contribution is 2.31. The Morgan fingerprint density at radius 1 is 1.75 bits per heavy atom. The van der Waals surface area contributed by atoms with Gasteiger partial charge in [0.1, 0.15) is 0 Å². The van der Waals surface area contributed by atoms with E-state index >= 15 is 0 Å². The molecule has 0 saturated heterocycles. The zero-order chi connectivity index (χ0) is 5.98. The number of aliphatic imine (C=N–C) groups is 1. The van der Waals surface area contributed by atoms with Crippen molar-refractivity contribution in [2.45, 2.75) is 19.3 Å². The number of hydrogen-bond acceptors (Lipinski definition) is 1. The van der Waals surface area contributed by atoms with Gasteiger partial charge in [-0.15, -0.1) is 0 Å². The second kappa shape index (κ2) is 2.16. The standard InChI is InChI=1S/C6H12N2/c1-8-6(7)4-5-2-3-5/h5H,2-4H2,1H3,(H2,7,8). The lowest BCUT2D eigenvalue weighted by Crippen LogP contribution is -2.11. The molecule has 2 N–H and O–H groups in total. The second-order valence-corrected chi connectivity index (χ2v) is 2.36. The number of rotatable bonds is 2. The molecule has 0 bridgehead atoms. The van der Waals surface area contributed by atoms with Crippen molar-refractivity contribution in [1.82, 2.24) is 0 Å². The van der Waals surface area contributed by atoms with Gasteiger partial charge in [-0.25, -0.2) is 0 Å². The molecule has 1 aliphatic rings. The van der Waals surface area contributed by atoms with Crippen molar-refractivity contribution in [3.8, 4) is 0 Å².